The maximum Gasteiger partial charge on any atom is 0.266 e. The molecule has 0 unspecified atom stereocenters. The molecule has 0 radical (unpaired) electrons. The van der Waals surface area contributed by atoms with E-state index in [9.17, 15) is 9.59 Å². The molecule has 2 aromatic rings. The molecule has 0 atom stereocenters. The van der Waals surface area contributed by atoms with Gasteiger partial charge in [-0.15, -0.1) is 0 Å². The first-order valence-corrected chi connectivity index (χ1v) is 10.1. The normalized spacial score (nSPS) is 14.8. The Bertz CT molecular complexity index is 1000. The topological polar surface area (TPSA) is 77.1 Å². The number of carbonyl (C=O) groups excluding carboxylic acids is 2. The molecule has 7 nitrogen and oxygen atoms in total. The van der Waals surface area contributed by atoms with Gasteiger partial charge in [0.1, 0.15) is 16.6 Å². The molecule has 1 fully saturated rings. The third-order valence-electron chi connectivity index (χ3n) is 4.25. The molecule has 30 heavy (non-hydrogen) atoms. The number of nitrogens with one attached hydrogen (secondary N) is 1. The first kappa shape index (κ1) is 21.7. The zero-order valence-electron chi connectivity index (χ0n) is 16.6. The first-order chi connectivity index (χ1) is 14.4. The van der Waals surface area contributed by atoms with Crippen LogP contribution in [0.15, 0.2) is 47.4 Å². The zero-order valence-corrected chi connectivity index (χ0v) is 18.3. The Morgan fingerprint density at radius 1 is 1.07 bits per heavy atom. The Morgan fingerprint density at radius 3 is 2.40 bits per heavy atom. The van der Waals surface area contributed by atoms with Crippen molar-refractivity contribution in [2.24, 2.45) is 0 Å². The number of ether oxygens (including phenoxy) is 3. The molecule has 1 saturated heterocycles. The lowest BCUT2D eigenvalue weighted by molar-refractivity contribution is -0.126. The number of carbonyl (C=O) groups is 2. The van der Waals surface area contributed by atoms with Gasteiger partial charge in [0.25, 0.3) is 5.91 Å². The Balaban J connectivity index is 1.69. The monoisotopic (exact) mass is 444 g/mol. The van der Waals surface area contributed by atoms with E-state index in [2.05, 4.69) is 5.32 Å². The highest BCUT2D eigenvalue weighted by Crippen LogP contribution is 2.34. The van der Waals surface area contributed by atoms with Crippen LogP contribution in [0.1, 0.15) is 5.56 Å². The predicted molar refractivity (Wildman–Crippen MR) is 121 cm³/mol. The van der Waals surface area contributed by atoms with E-state index in [-0.39, 0.29) is 18.4 Å². The van der Waals surface area contributed by atoms with Crippen molar-refractivity contribution in [3.63, 3.8) is 0 Å². The van der Waals surface area contributed by atoms with E-state index in [0.717, 1.165) is 17.3 Å². The summed E-state index contributed by atoms with van der Waals surface area (Å²) in [5.74, 6) is 1.18. The molecule has 2 aromatic carbocycles. The molecule has 1 heterocycles. The number of thioether (sulfide) groups is 1. The highest BCUT2D eigenvalue weighted by molar-refractivity contribution is 8.26. The molecule has 9 heteroatoms. The maximum atomic E-state index is 12.8. The van der Waals surface area contributed by atoms with E-state index in [1.165, 1.54) is 4.90 Å². The fourth-order valence-corrected chi connectivity index (χ4v) is 4.00. The number of amides is 2. The van der Waals surface area contributed by atoms with Gasteiger partial charge < -0.3 is 19.5 Å². The van der Waals surface area contributed by atoms with Crippen LogP contribution in [0.25, 0.3) is 6.08 Å². The summed E-state index contributed by atoms with van der Waals surface area (Å²) in [6, 6.07) is 12.2. The first-order valence-electron chi connectivity index (χ1n) is 8.86. The predicted octanol–water partition coefficient (Wildman–Crippen LogP) is 3.55. The molecule has 3 rings (SSSR count). The van der Waals surface area contributed by atoms with Crippen LogP contribution in [0, 0.1) is 0 Å². The largest absolute Gasteiger partial charge is 0.497 e. The average Bonchev–Trinajstić information content (AvgIpc) is 3.01. The van der Waals surface area contributed by atoms with E-state index in [0.29, 0.717) is 32.2 Å². The molecule has 0 saturated carbocycles. The van der Waals surface area contributed by atoms with Crippen LogP contribution < -0.4 is 19.5 Å². The molecule has 0 bridgehead atoms. The second-order valence-electron chi connectivity index (χ2n) is 6.16. The third-order valence-corrected chi connectivity index (χ3v) is 5.63. The van der Waals surface area contributed by atoms with Gasteiger partial charge in [-0.2, -0.15) is 0 Å². The molecule has 1 N–H and O–H groups in total. The number of nitrogens with zero attached hydrogens (tertiary/aromatic N) is 1. The fourth-order valence-electron chi connectivity index (χ4n) is 2.75. The Kier molecular flexibility index (Phi) is 6.96. The van der Waals surface area contributed by atoms with Crippen molar-refractivity contribution >= 4 is 51.9 Å². The second-order valence-corrected chi connectivity index (χ2v) is 7.83. The van der Waals surface area contributed by atoms with Crippen molar-refractivity contribution in [3.05, 3.63) is 52.9 Å². The van der Waals surface area contributed by atoms with Crippen LogP contribution in [-0.2, 0) is 9.59 Å². The lowest BCUT2D eigenvalue weighted by Crippen LogP contribution is -2.36. The summed E-state index contributed by atoms with van der Waals surface area (Å²) >= 11 is 6.45. The molecule has 0 spiro atoms. The molecule has 2 amide bonds. The van der Waals surface area contributed by atoms with Crippen LogP contribution in [0.2, 0.25) is 0 Å². The third kappa shape index (κ3) is 4.92. The van der Waals surface area contributed by atoms with Crippen molar-refractivity contribution in [2.45, 2.75) is 0 Å². The number of benzene rings is 2. The summed E-state index contributed by atoms with van der Waals surface area (Å²) in [5, 5.41) is 2.75. The van der Waals surface area contributed by atoms with Crippen molar-refractivity contribution in [3.8, 4) is 17.2 Å². The number of rotatable bonds is 7. The highest BCUT2D eigenvalue weighted by atomic mass is 32.2. The van der Waals surface area contributed by atoms with E-state index in [1.807, 2.05) is 6.07 Å². The van der Waals surface area contributed by atoms with E-state index in [1.54, 1.807) is 63.8 Å². The van der Waals surface area contributed by atoms with Gasteiger partial charge in [0.05, 0.1) is 26.2 Å². The minimum atomic E-state index is -0.344. The minimum Gasteiger partial charge on any atom is -0.497 e. The summed E-state index contributed by atoms with van der Waals surface area (Å²) in [6.07, 6.45) is 1.71. The summed E-state index contributed by atoms with van der Waals surface area (Å²) in [4.78, 5) is 26.9. The van der Waals surface area contributed by atoms with Crippen molar-refractivity contribution in [2.75, 3.05) is 33.2 Å². The summed E-state index contributed by atoms with van der Waals surface area (Å²) in [6.45, 7) is -0.167. The maximum absolute atomic E-state index is 12.8. The minimum absolute atomic E-state index is 0.167. The van der Waals surface area contributed by atoms with E-state index >= 15 is 0 Å². The molecule has 0 aromatic heterocycles. The second kappa shape index (κ2) is 9.64. The number of methoxy groups -OCH3 is 3. The van der Waals surface area contributed by atoms with Gasteiger partial charge in [-0.25, -0.2) is 0 Å². The van der Waals surface area contributed by atoms with Crippen LogP contribution in [0.3, 0.4) is 0 Å². The number of anilines is 1. The van der Waals surface area contributed by atoms with Crippen LogP contribution >= 0.6 is 24.0 Å². The van der Waals surface area contributed by atoms with Crippen molar-refractivity contribution in [1.82, 2.24) is 4.90 Å². The highest BCUT2D eigenvalue weighted by Gasteiger charge is 2.33. The molecule has 156 valence electrons. The average molecular weight is 445 g/mol. The van der Waals surface area contributed by atoms with Gasteiger partial charge >= 0.3 is 0 Å². The Labute approximate surface area is 184 Å². The molecular weight excluding hydrogens is 424 g/mol. The van der Waals surface area contributed by atoms with Crippen LogP contribution in [-0.4, -0.2) is 48.9 Å². The molecule has 0 aliphatic carbocycles. The summed E-state index contributed by atoms with van der Waals surface area (Å²) in [7, 11) is 4.67. The molecular formula is C21H20N2O5S2. The lowest BCUT2D eigenvalue weighted by Gasteiger charge is -2.14. The van der Waals surface area contributed by atoms with Gasteiger partial charge in [0, 0.05) is 5.69 Å². The summed E-state index contributed by atoms with van der Waals surface area (Å²) < 4.78 is 15.9. The lowest BCUT2D eigenvalue weighted by atomic mass is 10.2. The Hall–Kier alpha value is -3.04. The number of hydrogen-bond acceptors (Lipinski definition) is 7. The van der Waals surface area contributed by atoms with Gasteiger partial charge in [-0.1, -0.05) is 30.0 Å². The van der Waals surface area contributed by atoms with E-state index in [4.69, 9.17) is 26.4 Å². The van der Waals surface area contributed by atoms with Crippen LogP contribution in [0.5, 0.6) is 17.2 Å². The SMILES string of the molecule is COc1ccc(NC(=O)CN2C(=O)/C(=C/c3ccc(OC)c(OC)c3)SC2=S)cc1. The molecule has 1 aliphatic rings. The van der Waals surface area contributed by atoms with Crippen LogP contribution in [0.4, 0.5) is 5.69 Å². The van der Waals surface area contributed by atoms with Crippen molar-refractivity contribution < 1.29 is 23.8 Å². The van der Waals surface area contributed by atoms with Gasteiger partial charge in [0.2, 0.25) is 5.91 Å². The molecule has 1 aliphatic heterocycles. The fraction of sp³-hybridized carbons (Fsp3) is 0.190. The van der Waals surface area contributed by atoms with Gasteiger partial charge in [-0.3, -0.25) is 14.5 Å². The summed E-state index contributed by atoms with van der Waals surface area (Å²) in [5.41, 5.74) is 1.36. The van der Waals surface area contributed by atoms with Crippen molar-refractivity contribution in [1.29, 1.82) is 0 Å². The van der Waals surface area contributed by atoms with Gasteiger partial charge in [0.15, 0.2) is 11.5 Å². The van der Waals surface area contributed by atoms with Gasteiger partial charge in [-0.05, 0) is 48.0 Å². The smallest absolute Gasteiger partial charge is 0.266 e. The Morgan fingerprint density at radius 2 is 1.77 bits per heavy atom. The number of hydrogen-bond donors (Lipinski definition) is 1. The number of thiocarbonyl (C=S) groups is 1. The van der Waals surface area contributed by atoms with E-state index < -0.39 is 0 Å². The standard InChI is InChI=1S/C21H20N2O5S2/c1-26-15-7-5-14(6-8-15)22-19(24)12-23-20(25)18(30-21(23)29)11-13-4-9-16(27-2)17(10-13)28-3/h4-11H,12H2,1-3H3,(H,22,24)/b18-11-. The quantitative estimate of drug-likeness (QED) is 0.517. The zero-order chi connectivity index (χ0) is 21.7.